The summed E-state index contributed by atoms with van der Waals surface area (Å²) in [5, 5.41) is 11.8. The zero-order valence-corrected chi connectivity index (χ0v) is 10.8. The highest BCUT2D eigenvalue weighted by Gasteiger charge is 2.18. The molecule has 0 fully saturated rings. The van der Waals surface area contributed by atoms with E-state index in [1.165, 1.54) is 0 Å². The molecule has 1 heterocycles. The minimum absolute atomic E-state index is 0.0152. The van der Waals surface area contributed by atoms with Crippen molar-refractivity contribution in [2.45, 2.75) is 39.5 Å². The molecule has 1 unspecified atom stereocenters. The fourth-order valence-electron chi connectivity index (χ4n) is 1.99. The second-order valence-electron chi connectivity index (χ2n) is 4.48. The third-order valence-corrected chi connectivity index (χ3v) is 3.25. The van der Waals surface area contributed by atoms with Crippen LogP contribution in [0.4, 0.5) is 0 Å². The Bertz CT molecular complexity index is 286. The van der Waals surface area contributed by atoms with Crippen LogP contribution in [0.3, 0.4) is 0 Å². The summed E-state index contributed by atoms with van der Waals surface area (Å²) in [6.45, 7) is 5.44. The molecule has 1 aliphatic heterocycles. The molecule has 0 saturated heterocycles. The molecule has 4 nitrogen and oxygen atoms in total. The van der Waals surface area contributed by atoms with Gasteiger partial charge in [0.2, 0.25) is 0 Å². The van der Waals surface area contributed by atoms with E-state index in [1.807, 2.05) is 6.92 Å². The fourth-order valence-corrected chi connectivity index (χ4v) is 1.99. The zero-order chi connectivity index (χ0) is 12.7. The van der Waals surface area contributed by atoms with Gasteiger partial charge in [0.25, 0.3) is 5.91 Å². The molecular weight excluding hydrogens is 218 g/mol. The molecule has 0 bridgehead atoms. The summed E-state index contributed by atoms with van der Waals surface area (Å²) in [4.78, 5) is 11.9. The first-order valence-electron chi connectivity index (χ1n) is 6.40. The lowest BCUT2D eigenvalue weighted by atomic mass is 10.0. The van der Waals surface area contributed by atoms with Crippen LogP contribution in [0.5, 0.6) is 0 Å². The molecular formula is C13H23NO3. The Morgan fingerprint density at radius 2 is 2.35 bits per heavy atom. The Labute approximate surface area is 103 Å². The van der Waals surface area contributed by atoms with E-state index in [1.54, 1.807) is 0 Å². The quantitative estimate of drug-likeness (QED) is 0.742. The topological polar surface area (TPSA) is 58.6 Å². The van der Waals surface area contributed by atoms with Crippen molar-refractivity contribution in [3.8, 4) is 0 Å². The molecule has 1 atom stereocenters. The summed E-state index contributed by atoms with van der Waals surface area (Å²) >= 11 is 0. The predicted molar refractivity (Wildman–Crippen MR) is 66.4 cm³/mol. The number of carbonyl (C=O) groups excluding carboxylic acids is 1. The van der Waals surface area contributed by atoms with Crippen molar-refractivity contribution in [1.29, 1.82) is 0 Å². The number of amides is 1. The largest absolute Gasteiger partial charge is 0.498 e. The molecule has 17 heavy (non-hydrogen) atoms. The predicted octanol–water partition coefficient (Wildman–Crippen LogP) is 1.60. The van der Waals surface area contributed by atoms with Crippen LogP contribution in [0.2, 0.25) is 0 Å². The number of allylic oxidation sites excluding steroid dienone is 1. The first-order valence-corrected chi connectivity index (χ1v) is 6.40. The first-order chi connectivity index (χ1) is 8.19. The van der Waals surface area contributed by atoms with Crippen molar-refractivity contribution in [3.05, 3.63) is 11.3 Å². The molecule has 0 aromatic rings. The third kappa shape index (κ3) is 4.38. The normalized spacial score (nSPS) is 17.6. The molecule has 0 radical (unpaired) electrons. The van der Waals surface area contributed by atoms with Gasteiger partial charge in [-0.15, -0.1) is 0 Å². The van der Waals surface area contributed by atoms with E-state index in [4.69, 9.17) is 9.84 Å². The van der Waals surface area contributed by atoms with Gasteiger partial charge in [-0.3, -0.25) is 4.79 Å². The molecule has 0 aromatic heterocycles. The summed E-state index contributed by atoms with van der Waals surface area (Å²) in [5.74, 6) is 1.09. The maximum absolute atomic E-state index is 11.9. The number of rotatable bonds is 6. The van der Waals surface area contributed by atoms with Crippen LogP contribution in [-0.4, -0.2) is 30.8 Å². The molecule has 0 aliphatic carbocycles. The van der Waals surface area contributed by atoms with Gasteiger partial charge < -0.3 is 15.2 Å². The minimum Gasteiger partial charge on any atom is -0.498 e. The minimum atomic E-state index is -0.0152. The number of nitrogens with one attached hydrogen (secondary N) is 1. The highest BCUT2D eigenvalue weighted by Crippen LogP contribution is 2.18. The van der Waals surface area contributed by atoms with E-state index in [0.29, 0.717) is 19.1 Å². The van der Waals surface area contributed by atoms with E-state index in [2.05, 4.69) is 12.2 Å². The standard InChI is InChI=1S/C13H23NO3/c1-3-11(6-7-15)9-14-13(16)12-5-4-8-17-10(12)2/h11,15H,3-9H2,1-2H3,(H,14,16). The molecule has 0 spiro atoms. The fraction of sp³-hybridized carbons (Fsp3) is 0.769. The summed E-state index contributed by atoms with van der Waals surface area (Å²) in [6, 6.07) is 0. The molecule has 1 amide bonds. The molecule has 2 N–H and O–H groups in total. The number of aliphatic hydroxyl groups excluding tert-OH is 1. The lowest BCUT2D eigenvalue weighted by molar-refractivity contribution is -0.118. The second-order valence-corrected chi connectivity index (χ2v) is 4.48. The van der Waals surface area contributed by atoms with Crippen molar-refractivity contribution < 1.29 is 14.6 Å². The zero-order valence-electron chi connectivity index (χ0n) is 10.8. The Morgan fingerprint density at radius 1 is 1.59 bits per heavy atom. The highest BCUT2D eigenvalue weighted by atomic mass is 16.5. The highest BCUT2D eigenvalue weighted by molar-refractivity contribution is 5.93. The van der Waals surface area contributed by atoms with Crippen molar-refractivity contribution in [2.75, 3.05) is 19.8 Å². The van der Waals surface area contributed by atoms with Gasteiger partial charge in [-0.1, -0.05) is 13.3 Å². The molecule has 0 aromatic carbocycles. The maximum atomic E-state index is 11.9. The number of ether oxygens (including phenoxy) is 1. The van der Waals surface area contributed by atoms with E-state index in [9.17, 15) is 4.79 Å². The van der Waals surface area contributed by atoms with Gasteiger partial charge in [0.15, 0.2) is 0 Å². The molecule has 1 rings (SSSR count). The van der Waals surface area contributed by atoms with Crippen LogP contribution < -0.4 is 5.32 Å². The van der Waals surface area contributed by atoms with Crippen molar-refractivity contribution in [1.82, 2.24) is 5.32 Å². The van der Waals surface area contributed by atoms with Crippen LogP contribution in [0.15, 0.2) is 11.3 Å². The van der Waals surface area contributed by atoms with Crippen molar-refractivity contribution in [2.24, 2.45) is 5.92 Å². The van der Waals surface area contributed by atoms with E-state index >= 15 is 0 Å². The Morgan fingerprint density at radius 3 is 2.94 bits per heavy atom. The van der Waals surface area contributed by atoms with Crippen molar-refractivity contribution in [3.63, 3.8) is 0 Å². The molecule has 4 heteroatoms. The Hall–Kier alpha value is -1.03. The van der Waals surface area contributed by atoms with Crippen LogP contribution >= 0.6 is 0 Å². The lowest BCUT2D eigenvalue weighted by Crippen LogP contribution is -2.32. The lowest BCUT2D eigenvalue weighted by Gasteiger charge is -2.20. The Balaban J connectivity index is 2.43. The van der Waals surface area contributed by atoms with Crippen LogP contribution in [-0.2, 0) is 9.53 Å². The summed E-state index contributed by atoms with van der Waals surface area (Å²) in [5.41, 5.74) is 0.773. The van der Waals surface area contributed by atoms with Gasteiger partial charge in [0.1, 0.15) is 5.76 Å². The van der Waals surface area contributed by atoms with Gasteiger partial charge in [0.05, 0.1) is 12.2 Å². The Kier molecular flexibility index (Phi) is 6.05. The first kappa shape index (κ1) is 14.0. The molecule has 0 saturated carbocycles. The van der Waals surface area contributed by atoms with Gasteiger partial charge in [-0.2, -0.15) is 0 Å². The maximum Gasteiger partial charge on any atom is 0.250 e. The summed E-state index contributed by atoms with van der Waals surface area (Å²) in [6.07, 6.45) is 3.42. The average Bonchev–Trinajstić information content (AvgIpc) is 2.34. The SMILES string of the molecule is CCC(CCO)CNC(=O)C1=C(C)OCCC1. The van der Waals surface area contributed by atoms with Gasteiger partial charge >= 0.3 is 0 Å². The number of aliphatic hydroxyl groups is 1. The number of hydrogen-bond donors (Lipinski definition) is 2. The third-order valence-electron chi connectivity index (χ3n) is 3.25. The molecule has 1 aliphatic rings. The average molecular weight is 241 g/mol. The monoisotopic (exact) mass is 241 g/mol. The second kappa shape index (κ2) is 7.33. The van der Waals surface area contributed by atoms with Crippen molar-refractivity contribution >= 4 is 5.91 Å². The summed E-state index contributed by atoms with van der Waals surface area (Å²) in [7, 11) is 0. The number of hydrogen-bond acceptors (Lipinski definition) is 3. The smallest absolute Gasteiger partial charge is 0.250 e. The summed E-state index contributed by atoms with van der Waals surface area (Å²) < 4.78 is 5.37. The number of carbonyl (C=O) groups is 1. The van der Waals surface area contributed by atoms with Gasteiger partial charge in [0, 0.05) is 13.2 Å². The van der Waals surface area contributed by atoms with E-state index in [0.717, 1.165) is 37.0 Å². The van der Waals surface area contributed by atoms with E-state index < -0.39 is 0 Å². The van der Waals surface area contributed by atoms with Crippen LogP contribution in [0, 0.1) is 5.92 Å². The van der Waals surface area contributed by atoms with Crippen LogP contribution in [0.25, 0.3) is 0 Å². The van der Waals surface area contributed by atoms with E-state index in [-0.39, 0.29) is 12.5 Å². The van der Waals surface area contributed by atoms with Crippen LogP contribution in [0.1, 0.15) is 39.5 Å². The van der Waals surface area contributed by atoms with Gasteiger partial charge in [-0.05, 0) is 32.1 Å². The molecule has 98 valence electrons. The van der Waals surface area contributed by atoms with Gasteiger partial charge in [-0.25, -0.2) is 0 Å².